The van der Waals surface area contributed by atoms with E-state index in [1.165, 1.54) is 42.5 Å². The molecule has 208 valence electrons. The van der Waals surface area contributed by atoms with Gasteiger partial charge in [0, 0.05) is 21.7 Å². The number of ether oxygens (including phenoxy) is 2. The van der Waals surface area contributed by atoms with Crippen molar-refractivity contribution in [3.8, 4) is 17.1 Å². The first-order chi connectivity index (χ1) is 18.2. The number of halogens is 4. The zero-order valence-electron chi connectivity index (χ0n) is 21.1. The van der Waals surface area contributed by atoms with E-state index >= 15 is 0 Å². The third kappa shape index (κ3) is 8.14. The molecule has 3 rings (SSSR count). The molecule has 9 nitrogen and oxygen atoms in total. The SMILES string of the molecule is CC(C)(C)OC(C(=O)O)C(NC=O)c1ccc(-c2cc(O[C@@H](c3ccc(Br)cc3)C(F)(F)F)nc(N)n2)cc1. The lowest BCUT2D eigenvalue weighted by atomic mass is 9.98. The molecule has 0 saturated carbocycles. The monoisotopic (exact) mass is 610 g/mol. The second kappa shape index (κ2) is 12.0. The van der Waals surface area contributed by atoms with E-state index in [-0.39, 0.29) is 17.2 Å². The number of hydrogen-bond acceptors (Lipinski definition) is 7. The van der Waals surface area contributed by atoms with E-state index in [4.69, 9.17) is 15.2 Å². The number of anilines is 1. The predicted octanol–water partition coefficient (Wildman–Crippen LogP) is 5.23. The number of alkyl halides is 3. The van der Waals surface area contributed by atoms with Gasteiger partial charge in [-0.05, 0) is 38.5 Å². The lowest BCUT2D eigenvalue weighted by molar-refractivity contribution is -0.198. The van der Waals surface area contributed by atoms with Crippen molar-refractivity contribution in [2.45, 2.75) is 50.8 Å². The maximum absolute atomic E-state index is 13.8. The highest BCUT2D eigenvalue weighted by Gasteiger charge is 2.43. The highest BCUT2D eigenvalue weighted by atomic mass is 79.9. The van der Waals surface area contributed by atoms with Crippen molar-refractivity contribution in [1.29, 1.82) is 0 Å². The van der Waals surface area contributed by atoms with Gasteiger partial charge in [-0.1, -0.05) is 52.3 Å². The van der Waals surface area contributed by atoms with Crippen molar-refractivity contribution in [1.82, 2.24) is 15.3 Å². The van der Waals surface area contributed by atoms with Crippen molar-refractivity contribution < 1.29 is 37.3 Å². The number of nitrogens with two attached hydrogens (primary N) is 1. The Balaban J connectivity index is 1.93. The van der Waals surface area contributed by atoms with Crippen LogP contribution in [0.15, 0.2) is 59.1 Å². The van der Waals surface area contributed by atoms with Gasteiger partial charge in [0.05, 0.1) is 17.3 Å². The third-order valence-electron chi connectivity index (χ3n) is 5.27. The van der Waals surface area contributed by atoms with Gasteiger partial charge < -0.3 is 25.6 Å². The molecule has 39 heavy (non-hydrogen) atoms. The van der Waals surface area contributed by atoms with E-state index in [9.17, 15) is 27.9 Å². The van der Waals surface area contributed by atoms with Crippen LogP contribution in [0, 0.1) is 0 Å². The van der Waals surface area contributed by atoms with E-state index in [0.717, 1.165) is 0 Å². The average molecular weight is 611 g/mol. The van der Waals surface area contributed by atoms with Crippen LogP contribution < -0.4 is 15.8 Å². The second-order valence-corrected chi connectivity index (χ2v) is 10.3. The number of carboxylic acid groups (broad SMARTS) is 1. The summed E-state index contributed by atoms with van der Waals surface area (Å²) in [4.78, 5) is 31.0. The molecule has 13 heteroatoms. The maximum atomic E-state index is 13.8. The van der Waals surface area contributed by atoms with Gasteiger partial charge >= 0.3 is 12.1 Å². The first-order valence-electron chi connectivity index (χ1n) is 11.5. The van der Waals surface area contributed by atoms with E-state index in [0.29, 0.717) is 22.0 Å². The molecule has 0 bridgehead atoms. The van der Waals surface area contributed by atoms with Gasteiger partial charge in [0.15, 0.2) is 6.10 Å². The summed E-state index contributed by atoms with van der Waals surface area (Å²) in [5, 5.41) is 12.2. The molecule has 1 heterocycles. The highest BCUT2D eigenvalue weighted by molar-refractivity contribution is 9.10. The van der Waals surface area contributed by atoms with Gasteiger partial charge in [-0.2, -0.15) is 18.2 Å². The van der Waals surface area contributed by atoms with Crippen LogP contribution in [0.25, 0.3) is 11.3 Å². The summed E-state index contributed by atoms with van der Waals surface area (Å²) in [5.41, 5.74) is 5.83. The van der Waals surface area contributed by atoms with Crippen molar-refractivity contribution in [2.75, 3.05) is 5.73 Å². The number of nitrogens with one attached hydrogen (secondary N) is 1. The molecule has 1 amide bonds. The average Bonchev–Trinajstić information content (AvgIpc) is 2.84. The molecular weight excluding hydrogens is 585 g/mol. The predicted molar refractivity (Wildman–Crippen MR) is 140 cm³/mol. The highest BCUT2D eigenvalue weighted by Crippen LogP contribution is 2.37. The Hall–Kier alpha value is -3.71. The number of aliphatic carboxylic acids is 1. The number of carbonyl (C=O) groups excluding carboxylic acids is 1. The van der Waals surface area contributed by atoms with Crippen LogP contribution in [0.4, 0.5) is 19.1 Å². The summed E-state index contributed by atoms with van der Waals surface area (Å²) < 4.78 is 53.0. The Bertz CT molecular complexity index is 1300. The number of rotatable bonds is 10. The fourth-order valence-electron chi connectivity index (χ4n) is 3.67. The number of amides is 1. The summed E-state index contributed by atoms with van der Waals surface area (Å²) in [7, 11) is 0. The molecule has 2 aromatic carbocycles. The number of hydrogen-bond donors (Lipinski definition) is 3. The van der Waals surface area contributed by atoms with Gasteiger partial charge in [0.25, 0.3) is 0 Å². The summed E-state index contributed by atoms with van der Waals surface area (Å²) in [6, 6.07) is 11.9. The molecule has 3 aromatic rings. The molecule has 0 aliphatic carbocycles. The molecular formula is C26H26BrF3N4O5. The van der Waals surface area contributed by atoms with Gasteiger partial charge in [0.1, 0.15) is 0 Å². The quantitative estimate of drug-likeness (QED) is 0.266. The molecule has 0 spiro atoms. The topological polar surface area (TPSA) is 137 Å². The molecule has 4 N–H and O–H groups in total. The Labute approximate surface area is 230 Å². The largest absolute Gasteiger partial charge is 0.479 e. The van der Waals surface area contributed by atoms with Crippen LogP contribution in [0.3, 0.4) is 0 Å². The first-order valence-corrected chi connectivity index (χ1v) is 12.3. The Morgan fingerprint density at radius 1 is 1.05 bits per heavy atom. The minimum atomic E-state index is -4.74. The minimum absolute atomic E-state index is 0.132. The minimum Gasteiger partial charge on any atom is -0.479 e. The lowest BCUT2D eigenvalue weighted by Gasteiger charge is -2.30. The number of nitrogens with zero attached hydrogens (tertiary/aromatic N) is 2. The van der Waals surface area contributed by atoms with E-state index in [1.54, 1.807) is 32.9 Å². The van der Waals surface area contributed by atoms with Gasteiger partial charge in [0.2, 0.25) is 24.3 Å². The number of benzene rings is 2. The van der Waals surface area contributed by atoms with Crippen molar-refractivity contribution in [3.05, 3.63) is 70.2 Å². The maximum Gasteiger partial charge on any atom is 0.429 e. The third-order valence-corrected chi connectivity index (χ3v) is 5.80. The normalized spacial score (nSPS) is 14.2. The summed E-state index contributed by atoms with van der Waals surface area (Å²) in [6.45, 7) is 5.05. The van der Waals surface area contributed by atoms with Gasteiger partial charge in [-0.25, -0.2) is 9.78 Å². The summed E-state index contributed by atoms with van der Waals surface area (Å²) in [6.07, 6.45) is -8.07. The fraction of sp³-hybridized carbons (Fsp3) is 0.308. The number of carboxylic acids is 1. The molecule has 3 atom stereocenters. The second-order valence-electron chi connectivity index (χ2n) is 9.41. The smallest absolute Gasteiger partial charge is 0.429 e. The van der Waals surface area contributed by atoms with Gasteiger partial charge in [-0.3, -0.25) is 4.79 Å². The molecule has 0 aliphatic rings. The molecule has 2 unspecified atom stereocenters. The molecule has 0 saturated heterocycles. The zero-order chi connectivity index (χ0) is 29.0. The summed E-state index contributed by atoms with van der Waals surface area (Å²) >= 11 is 3.19. The number of aromatic nitrogens is 2. The van der Waals surface area contributed by atoms with Crippen molar-refractivity contribution >= 4 is 34.3 Å². The molecule has 0 fully saturated rings. The van der Waals surface area contributed by atoms with E-state index in [1.807, 2.05) is 0 Å². The zero-order valence-corrected chi connectivity index (χ0v) is 22.7. The number of nitrogen functional groups attached to an aromatic ring is 1. The lowest BCUT2D eigenvalue weighted by Crippen LogP contribution is -2.43. The molecule has 1 aromatic heterocycles. The Morgan fingerprint density at radius 2 is 1.64 bits per heavy atom. The van der Waals surface area contributed by atoms with Crippen LogP contribution >= 0.6 is 15.9 Å². The van der Waals surface area contributed by atoms with Crippen LogP contribution in [0.5, 0.6) is 5.88 Å². The van der Waals surface area contributed by atoms with E-state index < -0.39 is 41.9 Å². The van der Waals surface area contributed by atoms with Gasteiger partial charge in [-0.15, -0.1) is 0 Å². The van der Waals surface area contributed by atoms with Crippen molar-refractivity contribution in [2.24, 2.45) is 0 Å². The first kappa shape index (κ1) is 29.8. The van der Waals surface area contributed by atoms with Crippen LogP contribution in [-0.4, -0.2) is 45.3 Å². The summed E-state index contributed by atoms with van der Waals surface area (Å²) in [5.74, 6) is -1.98. The van der Waals surface area contributed by atoms with E-state index in [2.05, 4.69) is 31.2 Å². The fourth-order valence-corrected chi connectivity index (χ4v) is 3.93. The Morgan fingerprint density at radius 3 is 2.15 bits per heavy atom. The van der Waals surface area contributed by atoms with Crippen LogP contribution in [-0.2, 0) is 14.3 Å². The standard InChI is InChI=1S/C26H26BrF3N4O5/c1-25(2,3)39-21(23(36)37)20(32-13-35)15-6-4-14(5-7-15)18-12-19(34-24(31)33-18)38-22(26(28,29)30)16-8-10-17(27)11-9-16/h4-13,20-22H,1-3H3,(H,32,35)(H,36,37)(H2,31,33,34)/t20?,21?,22-/m0/s1. The number of carbonyl (C=O) groups is 2. The van der Waals surface area contributed by atoms with Crippen LogP contribution in [0.2, 0.25) is 0 Å². The van der Waals surface area contributed by atoms with Crippen molar-refractivity contribution in [3.63, 3.8) is 0 Å². The molecule has 0 aliphatic heterocycles. The molecule has 0 radical (unpaired) electrons. The van der Waals surface area contributed by atoms with Crippen LogP contribution in [0.1, 0.15) is 44.0 Å². The Kier molecular flexibility index (Phi) is 9.18.